The van der Waals surface area contributed by atoms with Crippen molar-refractivity contribution < 1.29 is 4.79 Å². The van der Waals surface area contributed by atoms with Crippen molar-refractivity contribution in [2.24, 2.45) is 5.84 Å². The van der Waals surface area contributed by atoms with Crippen LogP contribution in [0.1, 0.15) is 27.0 Å². The minimum absolute atomic E-state index is 0.202. The lowest BCUT2D eigenvalue weighted by atomic mass is 10.1. The molecule has 0 fully saturated rings. The molecule has 4 nitrogen and oxygen atoms in total. The number of nitrogen functional groups attached to an aromatic ring is 1. The minimum Gasteiger partial charge on any atom is -0.347 e. The molecule has 1 heterocycles. The van der Waals surface area contributed by atoms with Gasteiger partial charge in [0.05, 0.1) is 17.8 Å². The summed E-state index contributed by atoms with van der Waals surface area (Å²) in [4.78, 5) is 14.6. The van der Waals surface area contributed by atoms with Crippen molar-refractivity contribution >= 4 is 34.5 Å². The summed E-state index contributed by atoms with van der Waals surface area (Å²) < 4.78 is 0. The van der Waals surface area contributed by atoms with Gasteiger partial charge in [0, 0.05) is 14.8 Å². The van der Waals surface area contributed by atoms with Crippen LogP contribution in [-0.2, 0) is 13.0 Å². The van der Waals surface area contributed by atoms with Gasteiger partial charge in [-0.3, -0.25) is 10.6 Å². The Morgan fingerprint density at radius 3 is 2.70 bits per heavy atom. The lowest BCUT2D eigenvalue weighted by molar-refractivity contribution is 0.0952. The molecule has 0 saturated heterocycles. The monoisotopic (exact) mass is 309 g/mol. The summed E-state index contributed by atoms with van der Waals surface area (Å²) in [7, 11) is 0. The van der Waals surface area contributed by atoms with Gasteiger partial charge in [-0.2, -0.15) is 0 Å². The van der Waals surface area contributed by atoms with E-state index in [9.17, 15) is 4.79 Å². The summed E-state index contributed by atoms with van der Waals surface area (Å²) in [6.07, 6.45) is 1.01. The van der Waals surface area contributed by atoms with Crippen LogP contribution >= 0.6 is 22.9 Å². The van der Waals surface area contributed by atoms with Crippen molar-refractivity contribution in [3.05, 3.63) is 50.7 Å². The zero-order chi connectivity index (χ0) is 14.5. The van der Waals surface area contributed by atoms with Crippen LogP contribution < -0.4 is 16.6 Å². The summed E-state index contributed by atoms with van der Waals surface area (Å²) in [6.45, 7) is 2.61. The average molecular weight is 310 g/mol. The Morgan fingerprint density at radius 1 is 1.30 bits per heavy atom. The molecule has 0 saturated carbocycles. The number of nitrogens with one attached hydrogen (secondary N) is 2. The smallest absolute Gasteiger partial charge is 0.253 e. The summed E-state index contributed by atoms with van der Waals surface area (Å²) >= 11 is 7.61. The van der Waals surface area contributed by atoms with Crippen molar-refractivity contribution in [2.45, 2.75) is 19.9 Å². The first-order valence-electron chi connectivity index (χ1n) is 6.26. The number of aryl methyl sites for hydroxylation is 1. The molecular formula is C14H16ClN3OS. The molecule has 4 N–H and O–H groups in total. The van der Waals surface area contributed by atoms with Crippen LogP contribution in [0.15, 0.2) is 30.3 Å². The highest BCUT2D eigenvalue weighted by Gasteiger charge is 2.11. The highest BCUT2D eigenvalue weighted by atomic mass is 35.5. The van der Waals surface area contributed by atoms with Gasteiger partial charge in [0.15, 0.2) is 0 Å². The van der Waals surface area contributed by atoms with E-state index < -0.39 is 0 Å². The van der Waals surface area contributed by atoms with E-state index >= 15 is 0 Å². The molecule has 0 unspecified atom stereocenters. The Hall–Kier alpha value is -1.56. The fraction of sp³-hybridized carbons (Fsp3) is 0.214. The number of hydrogen-bond donors (Lipinski definition) is 3. The number of hydrazine groups is 1. The number of carbonyl (C=O) groups excluding carboxylic acids is 1. The number of benzene rings is 1. The molecule has 0 bridgehead atoms. The number of nitrogens with two attached hydrogens (primary N) is 1. The van der Waals surface area contributed by atoms with Gasteiger partial charge in [-0.05, 0) is 36.8 Å². The Morgan fingerprint density at radius 2 is 2.05 bits per heavy atom. The molecule has 0 aliphatic heterocycles. The maximum absolute atomic E-state index is 12.2. The zero-order valence-corrected chi connectivity index (χ0v) is 12.6. The number of hydrogen-bond acceptors (Lipinski definition) is 4. The van der Waals surface area contributed by atoms with Gasteiger partial charge in [0.25, 0.3) is 5.91 Å². The van der Waals surface area contributed by atoms with E-state index in [4.69, 9.17) is 17.4 Å². The molecule has 1 aromatic heterocycles. The Balaban J connectivity index is 2.06. The van der Waals surface area contributed by atoms with Gasteiger partial charge in [-0.25, -0.2) is 0 Å². The second kappa shape index (κ2) is 6.74. The number of amides is 1. The lowest BCUT2D eigenvalue weighted by Gasteiger charge is -2.09. The van der Waals surface area contributed by atoms with Gasteiger partial charge in [0.1, 0.15) is 0 Å². The molecule has 0 aliphatic rings. The van der Waals surface area contributed by atoms with Crippen molar-refractivity contribution in [2.75, 3.05) is 5.43 Å². The summed E-state index contributed by atoms with van der Waals surface area (Å²) in [6, 6.07) is 9.07. The highest BCUT2D eigenvalue weighted by molar-refractivity contribution is 7.11. The maximum Gasteiger partial charge on any atom is 0.253 e. The predicted octanol–water partition coefficient (Wildman–Crippen LogP) is 3.18. The van der Waals surface area contributed by atoms with Crippen LogP contribution in [0.2, 0.25) is 5.02 Å². The van der Waals surface area contributed by atoms with Crippen LogP contribution in [-0.4, -0.2) is 5.91 Å². The lowest BCUT2D eigenvalue weighted by Crippen LogP contribution is -2.24. The average Bonchev–Trinajstić information content (AvgIpc) is 2.92. The van der Waals surface area contributed by atoms with E-state index in [2.05, 4.69) is 23.7 Å². The van der Waals surface area contributed by atoms with Gasteiger partial charge in [-0.1, -0.05) is 18.5 Å². The first kappa shape index (κ1) is 14.8. The zero-order valence-electron chi connectivity index (χ0n) is 11.1. The molecule has 0 aliphatic carbocycles. The molecule has 0 radical (unpaired) electrons. The third kappa shape index (κ3) is 3.50. The molecule has 0 spiro atoms. The number of anilines is 1. The van der Waals surface area contributed by atoms with Gasteiger partial charge >= 0.3 is 0 Å². The number of rotatable bonds is 5. The third-order valence-electron chi connectivity index (χ3n) is 2.87. The van der Waals surface area contributed by atoms with E-state index in [0.717, 1.165) is 11.3 Å². The molecule has 20 heavy (non-hydrogen) atoms. The van der Waals surface area contributed by atoms with Crippen molar-refractivity contribution in [3.8, 4) is 0 Å². The molecule has 2 rings (SSSR count). The first-order chi connectivity index (χ1) is 9.63. The second-order valence-electron chi connectivity index (χ2n) is 4.24. The van der Waals surface area contributed by atoms with Crippen molar-refractivity contribution in [1.29, 1.82) is 0 Å². The van der Waals surface area contributed by atoms with Crippen LogP contribution in [0.4, 0.5) is 5.69 Å². The molecule has 1 amide bonds. The van der Waals surface area contributed by atoms with Gasteiger partial charge in [0.2, 0.25) is 0 Å². The number of thiophene rings is 1. The van der Waals surface area contributed by atoms with E-state index in [1.165, 1.54) is 4.88 Å². The Bertz CT molecular complexity index is 612. The predicted molar refractivity (Wildman–Crippen MR) is 84.1 cm³/mol. The third-order valence-corrected chi connectivity index (χ3v) is 4.34. The number of carbonyl (C=O) groups is 1. The summed E-state index contributed by atoms with van der Waals surface area (Å²) in [5.41, 5.74) is 3.48. The summed E-state index contributed by atoms with van der Waals surface area (Å²) in [5.74, 6) is 5.19. The van der Waals surface area contributed by atoms with Crippen molar-refractivity contribution in [3.63, 3.8) is 0 Å². The van der Waals surface area contributed by atoms with E-state index in [-0.39, 0.29) is 5.91 Å². The molecule has 106 valence electrons. The normalized spacial score (nSPS) is 10.3. The fourth-order valence-electron chi connectivity index (χ4n) is 1.80. The molecule has 2 aromatic rings. The van der Waals surface area contributed by atoms with Gasteiger partial charge in [-0.15, -0.1) is 11.3 Å². The summed E-state index contributed by atoms with van der Waals surface area (Å²) in [5, 5.41) is 3.37. The van der Waals surface area contributed by atoms with E-state index in [1.54, 1.807) is 29.5 Å². The first-order valence-corrected chi connectivity index (χ1v) is 7.45. The maximum atomic E-state index is 12.2. The van der Waals surface area contributed by atoms with Crippen molar-refractivity contribution in [1.82, 2.24) is 5.32 Å². The quantitative estimate of drug-likeness (QED) is 0.587. The molecule has 1 aromatic carbocycles. The largest absolute Gasteiger partial charge is 0.347 e. The SMILES string of the molecule is CCc1ccc(CNC(=O)c2cc(Cl)ccc2NN)s1. The highest BCUT2D eigenvalue weighted by Crippen LogP contribution is 2.21. The fourth-order valence-corrected chi connectivity index (χ4v) is 2.87. The standard InChI is InChI=1S/C14H16ClN3OS/c1-2-10-4-5-11(20-10)8-17-14(19)12-7-9(15)3-6-13(12)18-16/h3-7,18H,2,8,16H2,1H3,(H,17,19). The number of halogens is 1. The van der Waals surface area contributed by atoms with Crippen LogP contribution in [0.25, 0.3) is 0 Å². The topological polar surface area (TPSA) is 67.2 Å². The Labute approximate surface area is 126 Å². The van der Waals surface area contributed by atoms with Crippen LogP contribution in [0, 0.1) is 0 Å². The minimum atomic E-state index is -0.202. The van der Waals surface area contributed by atoms with E-state index in [1.807, 2.05) is 6.07 Å². The Kier molecular flexibility index (Phi) is 5.00. The van der Waals surface area contributed by atoms with Gasteiger partial charge < -0.3 is 10.7 Å². The van der Waals surface area contributed by atoms with Crippen LogP contribution in [0.5, 0.6) is 0 Å². The van der Waals surface area contributed by atoms with E-state index in [0.29, 0.717) is 22.8 Å². The molecular weight excluding hydrogens is 294 g/mol. The second-order valence-corrected chi connectivity index (χ2v) is 5.93. The molecule has 0 atom stereocenters. The molecule has 6 heteroatoms. The van der Waals surface area contributed by atoms with Crippen LogP contribution in [0.3, 0.4) is 0 Å².